The molecule has 2 saturated heterocycles. The lowest BCUT2D eigenvalue weighted by molar-refractivity contribution is -0.144. The number of thioether (sulfide) groups is 1. The van der Waals surface area contributed by atoms with E-state index in [0.29, 0.717) is 55.4 Å². The highest BCUT2D eigenvalue weighted by Gasteiger charge is 2.42. The highest BCUT2D eigenvalue weighted by Crippen LogP contribution is 2.24. The predicted molar refractivity (Wildman–Crippen MR) is 356 cm³/mol. The zero-order valence-corrected chi connectivity index (χ0v) is 55.3. The lowest BCUT2D eigenvalue weighted by Gasteiger charge is -2.32. The fourth-order valence-electron chi connectivity index (χ4n) is 11.0. The standard InChI is InChI=1S/C63H98N18O13S/c1-37(2)33-45(57(89)74-41(53(68)85)27-32-95-3)73-52(84)36-72-54(86)46(34-38-15-6-4-7-16-38)78-58(90)47(35-39-17-8-5-9-18-39)79-56(88)42(23-25-50(66)82)75-55(87)43(24-26-51(67)83)76-59(91)49-22-14-31-81(49)62(94)44(20-10-11-28-64)77-60(92)48-21-13-30-80(48)61(93)40(65)19-12-29-71-63(69)70/h4-9,15-18,37,40-49H,10-14,19-36,64-65H2,1-3H3,(H2,66,82)(H2,67,83)(H2,68,85)(H,72,86)(H,73,84)(H,74,89)(H,75,87)(H,76,91)(H,77,92)(H,78,90)(H,79,88)(H4,69,70,71)/t40-,41-,42+,43-,44+,45+,46-,47-,48+,49-/m0/s1. The zero-order valence-electron chi connectivity index (χ0n) is 54.5. The summed E-state index contributed by atoms with van der Waals surface area (Å²) in [5, 5.41) is 21.1. The highest BCUT2D eigenvalue weighted by molar-refractivity contribution is 7.98. The molecule has 0 radical (unpaired) electrons. The summed E-state index contributed by atoms with van der Waals surface area (Å²) in [5.74, 6) is -9.80. The molecule has 0 aliphatic carbocycles. The van der Waals surface area contributed by atoms with E-state index in [1.165, 1.54) is 21.6 Å². The molecule has 0 saturated carbocycles. The van der Waals surface area contributed by atoms with Gasteiger partial charge in [-0.1, -0.05) is 74.5 Å². The van der Waals surface area contributed by atoms with Gasteiger partial charge < -0.3 is 92.5 Å². The number of carbonyl (C=O) groups excluding carboxylic acids is 13. The average molecular weight is 1350 g/mol. The summed E-state index contributed by atoms with van der Waals surface area (Å²) >= 11 is 1.45. The summed E-state index contributed by atoms with van der Waals surface area (Å²) in [5.41, 5.74) is 40.6. The van der Waals surface area contributed by atoms with E-state index in [-0.39, 0.29) is 83.0 Å². The molecule has 2 aromatic carbocycles. The lowest BCUT2D eigenvalue weighted by Crippen LogP contribution is -2.60. The summed E-state index contributed by atoms with van der Waals surface area (Å²) in [6.07, 6.45) is 3.12. The van der Waals surface area contributed by atoms with Crippen molar-refractivity contribution in [2.24, 2.45) is 51.0 Å². The number of likely N-dealkylation sites (tertiary alicyclic amines) is 2. The van der Waals surface area contributed by atoms with E-state index in [1.807, 2.05) is 20.1 Å². The van der Waals surface area contributed by atoms with Gasteiger partial charge in [-0.2, -0.15) is 11.8 Å². The van der Waals surface area contributed by atoms with Gasteiger partial charge in [-0.25, -0.2) is 0 Å². The van der Waals surface area contributed by atoms with Gasteiger partial charge in [0.1, 0.15) is 54.4 Å². The minimum absolute atomic E-state index is 0.0736. The molecule has 4 rings (SSSR count). The maximum atomic E-state index is 14.7. The van der Waals surface area contributed by atoms with Crippen LogP contribution >= 0.6 is 11.8 Å². The third kappa shape index (κ3) is 27.5. The Morgan fingerprint density at radius 1 is 0.537 bits per heavy atom. The third-order valence-corrected chi connectivity index (χ3v) is 16.7. The number of hydrogen-bond donors (Lipinski definition) is 15. The van der Waals surface area contributed by atoms with Gasteiger partial charge in [-0.15, -0.1) is 0 Å². The number of nitrogens with two attached hydrogens (primary N) is 7. The second-order valence-corrected chi connectivity index (χ2v) is 25.1. The van der Waals surface area contributed by atoms with Crippen molar-refractivity contribution in [3.8, 4) is 0 Å². The molecule has 10 atom stereocenters. The van der Waals surface area contributed by atoms with Crippen LogP contribution in [-0.2, 0) is 75.2 Å². The molecular weight excluding hydrogens is 1250 g/mol. The van der Waals surface area contributed by atoms with Crippen LogP contribution in [0, 0.1) is 5.92 Å². The normalized spacial score (nSPS) is 16.8. The number of carbonyl (C=O) groups is 13. The molecule has 95 heavy (non-hydrogen) atoms. The largest absolute Gasteiger partial charge is 0.370 e. The second-order valence-electron chi connectivity index (χ2n) is 24.1. The summed E-state index contributed by atoms with van der Waals surface area (Å²) in [6, 6.07) is 4.51. The Morgan fingerprint density at radius 3 is 1.51 bits per heavy atom. The Morgan fingerprint density at radius 2 is 1.01 bits per heavy atom. The molecule has 0 aromatic heterocycles. The van der Waals surface area contributed by atoms with Crippen LogP contribution < -0.4 is 82.7 Å². The Hall–Kier alpha value is -8.91. The molecule has 0 spiro atoms. The van der Waals surface area contributed by atoms with Crippen LogP contribution in [0.1, 0.15) is 121 Å². The minimum atomic E-state index is -1.64. The first kappa shape index (κ1) is 78.5. The Kier molecular flexibility index (Phi) is 33.9. The third-order valence-electron chi connectivity index (χ3n) is 16.0. The molecule has 2 aliphatic heterocycles. The number of aliphatic imine (C=N–C) groups is 1. The number of hydrogen-bond acceptors (Lipinski definition) is 17. The number of guanidine groups is 1. The molecule has 0 bridgehead atoms. The first-order valence-corrected chi connectivity index (χ1v) is 33.6. The zero-order chi connectivity index (χ0) is 70.1. The number of benzene rings is 2. The minimum Gasteiger partial charge on any atom is -0.370 e. The topological polar surface area (TPSA) is 519 Å². The average Bonchev–Trinajstić information content (AvgIpc) is 1.74. The smallest absolute Gasteiger partial charge is 0.245 e. The molecule has 13 amide bonds. The van der Waals surface area contributed by atoms with Gasteiger partial charge in [0.15, 0.2) is 5.96 Å². The number of rotatable bonds is 42. The van der Waals surface area contributed by atoms with Crippen LogP contribution in [0.5, 0.6) is 0 Å². The van der Waals surface area contributed by atoms with Crippen molar-refractivity contribution in [3.63, 3.8) is 0 Å². The van der Waals surface area contributed by atoms with Crippen LogP contribution in [-0.4, -0.2) is 198 Å². The predicted octanol–water partition coefficient (Wildman–Crippen LogP) is -3.71. The quantitative estimate of drug-likeness (QED) is 0.0173. The van der Waals surface area contributed by atoms with Crippen LogP contribution in [0.25, 0.3) is 0 Å². The van der Waals surface area contributed by atoms with Crippen molar-refractivity contribution in [1.29, 1.82) is 0 Å². The van der Waals surface area contributed by atoms with Gasteiger partial charge in [-0.05, 0) is 119 Å². The van der Waals surface area contributed by atoms with E-state index >= 15 is 0 Å². The molecule has 2 aromatic rings. The number of primary amides is 3. The second kappa shape index (κ2) is 41.0. The van der Waals surface area contributed by atoms with Crippen molar-refractivity contribution in [2.45, 2.75) is 183 Å². The van der Waals surface area contributed by atoms with Crippen molar-refractivity contribution in [2.75, 3.05) is 44.7 Å². The number of unbranched alkanes of at least 4 members (excludes halogenated alkanes) is 1. The molecule has 22 N–H and O–H groups in total. The van der Waals surface area contributed by atoms with Crippen LogP contribution in [0.4, 0.5) is 0 Å². The van der Waals surface area contributed by atoms with Gasteiger partial charge in [-0.3, -0.25) is 67.3 Å². The van der Waals surface area contributed by atoms with Crippen LogP contribution in [0.2, 0.25) is 0 Å². The summed E-state index contributed by atoms with van der Waals surface area (Å²) in [7, 11) is 0. The fourth-order valence-corrected chi connectivity index (χ4v) is 11.5. The molecule has 31 nitrogen and oxygen atoms in total. The lowest BCUT2D eigenvalue weighted by atomic mass is 10.0. The highest BCUT2D eigenvalue weighted by atomic mass is 32.2. The Balaban J connectivity index is 1.56. The van der Waals surface area contributed by atoms with Gasteiger partial charge in [0.05, 0.1) is 12.6 Å². The maximum Gasteiger partial charge on any atom is 0.245 e. The first-order valence-electron chi connectivity index (χ1n) is 32.2. The van der Waals surface area contributed by atoms with E-state index in [1.54, 1.807) is 60.7 Å². The van der Waals surface area contributed by atoms with E-state index < -0.39 is 169 Å². The monoisotopic (exact) mass is 1350 g/mol. The van der Waals surface area contributed by atoms with Gasteiger partial charge >= 0.3 is 0 Å². The van der Waals surface area contributed by atoms with E-state index in [2.05, 4.69) is 47.5 Å². The Bertz CT molecular complexity index is 2960. The molecule has 32 heteroatoms. The van der Waals surface area contributed by atoms with Crippen LogP contribution in [0.15, 0.2) is 65.7 Å². The number of nitrogens with zero attached hydrogens (tertiary/aromatic N) is 3. The van der Waals surface area contributed by atoms with Crippen molar-refractivity contribution in [1.82, 2.24) is 52.3 Å². The van der Waals surface area contributed by atoms with Crippen molar-refractivity contribution < 1.29 is 62.3 Å². The van der Waals surface area contributed by atoms with Gasteiger partial charge in [0.2, 0.25) is 76.8 Å². The number of amides is 13. The molecule has 2 aliphatic rings. The molecular formula is C63H98N18O13S. The van der Waals surface area contributed by atoms with E-state index in [4.69, 9.17) is 40.1 Å². The summed E-state index contributed by atoms with van der Waals surface area (Å²) in [4.78, 5) is 185. The van der Waals surface area contributed by atoms with Crippen molar-refractivity contribution in [3.05, 3.63) is 71.8 Å². The molecule has 524 valence electrons. The Labute approximate surface area is 558 Å². The maximum absolute atomic E-state index is 14.7. The first-order chi connectivity index (χ1) is 45.2. The van der Waals surface area contributed by atoms with E-state index in [9.17, 15) is 62.3 Å². The molecule has 0 unspecified atom stereocenters. The summed E-state index contributed by atoms with van der Waals surface area (Å²) < 4.78 is 0. The fraction of sp³-hybridized carbons (Fsp3) is 0.587. The number of nitrogens with one attached hydrogen (secondary N) is 8. The molecule has 2 fully saturated rings. The SMILES string of the molecule is CSCC[C@H](NC(=O)[C@@H](CC(C)C)NC(=O)CNC(=O)[C@H](Cc1ccccc1)NC(=O)[C@H](Cc1ccccc1)NC(=O)[C@@H](CCC(N)=O)NC(=O)[C@H](CCC(N)=O)NC(=O)[C@@H]1CCCN1C(=O)[C@@H](CCCCN)NC(=O)[C@H]1CCCN1C(=O)[C@@H](N)CCCN=C(N)N)C(N)=O. The van der Waals surface area contributed by atoms with E-state index in [0.717, 1.165) is 0 Å². The van der Waals surface area contributed by atoms with Crippen LogP contribution in [0.3, 0.4) is 0 Å². The summed E-state index contributed by atoms with van der Waals surface area (Å²) in [6.45, 7) is 3.86. The molecule has 2 heterocycles. The van der Waals surface area contributed by atoms with Gasteiger partial charge in [0, 0.05) is 45.3 Å². The van der Waals surface area contributed by atoms with Gasteiger partial charge in [0.25, 0.3) is 0 Å². The van der Waals surface area contributed by atoms with Crippen molar-refractivity contribution >= 4 is 94.5 Å².